The zero-order chi connectivity index (χ0) is 68.2. The molecule has 6 heterocycles. The van der Waals surface area contributed by atoms with Crippen LogP contribution in [0.25, 0.3) is 0 Å². The molecule has 6 atom stereocenters. The minimum atomic E-state index is -0.811. The van der Waals surface area contributed by atoms with E-state index in [0.717, 1.165) is 67.3 Å². The van der Waals surface area contributed by atoms with Gasteiger partial charge in [-0.2, -0.15) is 0 Å². The maximum Gasteiger partial charge on any atom is 0.325 e. The normalized spacial score (nSPS) is 18.6. The molecular formula is C66H90B6N4O12Rf2S6. The smallest absolute Gasteiger partial charge is 0.325 e. The number of hydrogen-bond acceptors (Lipinski definition) is 20. The Morgan fingerprint density at radius 3 is 0.740 bits per heavy atom. The summed E-state index contributed by atoms with van der Waals surface area (Å²) >= 11 is 8.99. The van der Waals surface area contributed by atoms with Crippen molar-refractivity contribution in [3.05, 3.63) is 143 Å². The number of thioether (sulfide) groups is 6. The quantitative estimate of drug-likeness (QED) is 0.0201. The van der Waals surface area contributed by atoms with E-state index in [1.807, 2.05) is 62.2 Å². The van der Waals surface area contributed by atoms with Crippen molar-refractivity contribution >= 4 is 157 Å². The van der Waals surface area contributed by atoms with Gasteiger partial charge < -0.3 is 71.3 Å². The van der Waals surface area contributed by atoms with E-state index in [1.165, 1.54) is 101 Å². The monoisotopic (exact) mass is 1920 g/mol. The van der Waals surface area contributed by atoms with E-state index in [9.17, 15) is 9.59 Å². The number of aliphatic hydroxyl groups is 2. The molecule has 16 nitrogen and oxygen atoms in total. The molecule has 6 aromatic carbocycles. The van der Waals surface area contributed by atoms with Gasteiger partial charge in [0, 0.05) is 54.2 Å². The van der Waals surface area contributed by atoms with Gasteiger partial charge in [0.15, 0.2) is 0 Å². The summed E-state index contributed by atoms with van der Waals surface area (Å²) < 4.78 is 35.1. The number of benzene rings is 6. The average molecular weight is 1920 g/mol. The third-order valence-corrected chi connectivity index (χ3v) is 22.2. The number of carbonyl (C=O) groups is 2. The van der Waals surface area contributed by atoms with Crippen LogP contribution in [0.4, 0.5) is 0 Å². The fourth-order valence-corrected chi connectivity index (χ4v) is 17.8. The van der Waals surface area contributed by atoms with Crippen molar-refractivity contribution < 1.29 is 57.9 Å². The minimum Gasteiger partial charge on any atom is -0.481 e. The summed E-state index contributed by atoms with van der Waals surface area (Å²) in [6.45, 7) is 22.5. The van der Waals surface area contributed by atoms with Crippen molar-refractivity contribution in [3.8, 4) is 0 Å². The molecule has 0 bridgehead atoms. The van der Waals surface area contributed by atoms with Gasteiger partial charge in [-0.1, -0.05) is 165 Å². The Morgan fingerprint density at radius 1 is 0.354 bits per heavy atom. The first-order valence-electron chi connectivity index (χ1n) is 32.3. The topological polar surface area (TPSA) is 275 Å². The number of nitrogens with two attached hydrogens (primary N) is 4. The van der Waals surface area contributed by atoms with Crippen LogP contribution in [0.2, 0.25) is 40.9 Å². The van der Waals surface area contributed by atoms with Crippen LogP contribution in [0.3, 0.4) is 0 Å². The van der Waals surface area contributed by atoms with Crippen molar-refractivity contribution in [1.82, 2.24) is 0 Å². The molecule has 12 rings (SSSR count). The first-order chi connectivity index (χ1) is 45.4. The van der Waals surface area contributed by atoms with Gasteiger partial charge in [-0.15, -0.1) is 47.0 Å². The second-order valence-electron chi connectivity index (χ2n) is 22.8. The van der Waals surface area contributed by atoms with Crippen molar-refractivity contribution in [2.24, 2.45) is 22.9 Å². The van der Waals surface area contributed by atoms with Crippen LogP contribution in [0.1, 0.15) is 123 Å². The standard InChI is InChI=1S/2C11H14BNO3S.2C11H16BNOS.2C11H15BO2S.2Rf/c2*1-12-11-7(8(5-13)16-12)3-2-4-9(11)17-6-10(14)15;4*1-3-9-8-5-4-6-10(15-7-13)11(8)12(2)14-9;;/h2*2-4,8H,5-6,13H2,1H3,(H,14,15);2*4-6,9H,3,7,13H2,1-2H3;2*4-6,9,13H,3,7H2,1-2H3;;/t2*8-;4*9-;;/m101010../s1. The van der Waals surface area contributed by atoms with Crippen LogP contribution in [0, 0.1) is 0 Å². The molecule has 0 spiro atoms. The largest absolute Gasteiger partial charge is 0.481 e. The Kier molecular flexibility index (Phi) is 33.5. The molecule has 6 aromatic rings. The van der Waals surface area contributed by atoms with Crippen molar-refractivity contribution in [1.29, 1.82) is 0 Å². The molecule has 0 aromatic heterocycles. The Balaban J connectivity index is 0.000000208. The molecule has 12 N–H and O–H groups in total. The van der Waals surface area contributed by atoms with Crippen LogP contribution in [-0.4, -0.2) is 122 Å². The number of carboxylic acid groups (broad SMARTS) is 2. The second-order valence-corrected chi connectivity index (χ2v) is 28.9. The Labute approximate surface area is 584 Å². The van der Waals surface area contributed by atoms with Gasteiger partial charge in [0.05, 0.1) is 60.0 Å². The van der Waals surface area contributed by atoms with Gasteiger partial charge in [-0.3, -0.25) is 9.59 Å². The molecule has 504 valence electrons. The molecule has 0 amide bonds. The predicted octanol–water partition coefficient (Wildman–Crippen LogP) is 9.53. The molecule has 0 saturated carbocycles. The van der Waals surface area contributed by atoms with Gasteiger partial charge in [0.1, 0.15) is 0 Å². The van der Waals surface area contributed by atoms with E-state index >= 15 is 0 Å². The summed E-state index contributed by atoms with van der Waals surface area (Å²) in [5, 5.41) is 35.4. The minimum absolute atomic E-state index is 0. The average Bonchev–Trinajstić information content (AvgIpc) is 1.70. The third-order valence-electron chi connectivity index (χ3n) is 16.9. The van der Waals surface area contributed by atoms with Crippen molar-refractivity contribution in [2.45, 2.75) is 160 Å². The molecule has 0 saturated heterocycles. The summed E-state index contributed by atoms with van der Waals surface area (Å²) in [6, 6.07) is 37.0. The van der Waals surface area contributed by atoms with E-state index in [2.05, 4.69) is 116 Å². The molecule has 0 fully saturated rings. The number of aliphatic hydroxyl groups excluding tert-OH is 2. The van der Waals surface area contributed by atoms with Crippen LogP contribution >= 0.6 is 70.6 Å². The number of aliphatic carboxylic acids is 2. The molecular weight excluding hydrogens is 1830 g/mol. The van der Waals surface area contributed by atoms with Crippen LogP contribution < -0.4 is 55.7 Å². The number of rotatable bonds is 20. The summed E-state index contributed by atoms with van der Waals surface area (Å²) in [6.07, 6.45) is 4.96. The fourth-order valence-electron chi connectivity index (χ4n) is 13.0. The van der Waals surface area contributed by atoms with Crippen molar-refractivity contribution in [3.63, 3.8) is 0 Å². The van der Waals surface area contributed by atoms with Crippen LogP contribution in [0.15, 0.2) is 139 Å². The molecule has 96 heavy (non-hydrogen) atoms. The van der Waals surface area contributed by atoms with E-state index in [0.29, 0.717) is 24.8 Å². The summed E-state index contributed by atoms with van der Waals surface area (Å²) in [5.74, 6) is 0.0105. The maximum atomic E-state index is 10.6. The first-order valence-corrected chi connectivity index (χ1v) is 38.2. The summed E-state index contributed by atoms with van der Waals surface area (Å²) in [7, 11) is 0. The molecule has 0 unspecified atom stereocenters. The Bertz CT molecular complexity index is 3110. The van der Waals surface area contributed by atoms with Crippen LogP contribution in [0.5, 0.6) is 0 Å². The predicted molar refractivity (Wildman–Crippen MR) is 401 cm³/mol. The fraction of sp³-hybridized carbons (Fsp3) is 0.424. The summed E-state index contributed by atoms with van der Waals surface area (Å²) in [5.41, 5.74) is 37.4. The van der Waals surface area contributed by atoms with Gasteiger partial charge in [0.2, 0.25) is 0 Å². The zero-order valence-electron chi connectivity index (χ0n) is 57.0. The molecule has 30 heteroatoms. The Hall–Kier alpha value is -5.73. The van der Waals surface area contributed by atoms with Gasteiger partial charge in [0.25, 0.3) is 0 Å². The van der Waals surface area contributed by atoms with Gasteiger partial charge in [-0.05, 0) is 128 Å². The molecule has 6 aliphatic heterocycles. The second kappa shape index (κ2) is 39.8. The zero-order valence-corrected chi connectivity index (χ0v) is 74.7. The van der Waals surface area contributed by atoms with E-state index in [4.69, 9.17) is 71.3 Å². The maximum absolute atomic E-state index is 10.6. The number of carboxylic acids is 2. The molecule has 0 radical (unpaired) electrons. The number of fused-ring (bicyclic) bond motifs is 6. The molecule has 6 aliphatic rings. The van der Waals surface area contributed by atoms with Gasteiger partial charge >= 0.3 is 53.4 Å². The van der Waals surface area contributed by atoms with Crippen LogP contribution in [-0.2, 0) is 37.5 Å². The van der Waals surface area contributed by atoms with E-state index in [1.54, 1.807) is 23.5 Å². The third kappa shape index (κ3) is 19.8. The van der Waals surface area contributed by atoms with E-state index < -0.39 is 11.9 Å². The van der Waals surface area contributed by atoms with Crippen molar-refractivity contribution in [2.75, 3.05) is 48.2 Å². The Morgan fingerprint density at radius 2 is 0.552 bits per heavy atom. The first kappa shape index (κ1) is 80.9. The molecule has 0 aliphatic carbocycles. The van der Waals surface area contributed by atoms with E-state index in [-0.39, 0.29) is 102 Å². The SMILES string of the molecule is CB1O[C@@H](CN)c2cccc(SCC(=O)O)c21.CB1O[C@H](CN)c2cccc(SCC(=O)O)c21.CC[C@@H]1OB(C)c2c(SCN)cccc21.CC[C@@H]1OB(C)c2c(SCO)cccc21.CC[C@H]1OB(C)c2c(SCN)cccc21.CC[C@H]1OB(C)c2c(SCO)cccc21.[Rf].[Rf]. The number of hydrogen-bond donors (Lipinski definition) is 8. The van der Waals surface area contributed by atoms with Gasteiger partial charge in [-0.25, -0.2) is 0 Å². The summed E-state index contributed by atoms with van der Waals surface area (Å²) in [4.78, 5) is 28.0.